The molecule has 0 aromatic heterocycles. The number of halogens is 1. The van der Waals surface area contributed by atoms with E-state index in [-0.39, 0.29) is 23.5 Å². The van der Waals surface area contributed by atoms with E-state index in [2.05, 4.69) is 10.5 Å². The average Bonchev–Trinajstić information content (AvgIpc) is 3.15. The van der Waals surface area contributed by atoms with Gasteiger partial charge in [-0.25, -0.2) is 9.18 Å². The van der Waals surface area contributed by atoms with Crippen LogP contribution in [0.5, 0.6) is 5.75 Å². The summed E-state index contributed by atoms with van der Waals surface area (Å²) in [6.07, 6.45) is 0.195. The van der Waals surface area contributed by atoms with Crippen LogP contribution in [0, 0.1) is 5.82 Å². The van der Waals surface area contributed by atoms with Gasteiger partial charge in [0.05, 0.1) is 19.4 Å². The van der Waals surface area contributed by atoms with Crippen LogP contribution in [0.25, 0.3) is 0 Å². The Morgan fingerprint density at radius 1 is 1.27 bits per heavy atom. The number of benzene rings is 2. The minimum absolute atomic E-state index is 0.187. The van der Waals surface area contributed by atoms with E-state index in [9.17, 15) is 9.18 Å². The third-order valence-electron chi connectivity index (χ3n) is 4.59. The lowest BCUT2D eigenvalue weighted by molar-refractivity contribution is 0.0580. The number of carbonyl (C=O) groups excluding carboxylic acids is 1. The molecule has 0 unspecified atom stereocenters. The summed E-state index contributed by atoms with van der Waals surface area (Å²) in [7, 11) is 1.61. The molecule has 30 heavy (non-hydrogen) atoms. The maximum absolute atomic E-state index is 13.5. The van der Waals surface area contributed by atoms with Crippen LogP contribution in [-0.4, -0.2) is 41.9 Å². The fourth-order valence-corrected chi connectivity index (χ4v) is 3.22. The number of nitrogens with zero attached hydrogens (tertiary/aromatic N) is 2. The van der Waals surface area contributed by atoms with E-state index in [0.717, 1.165) is 11.3 Å². The molecule has 0 bridgehead atoms. The van der Waals surface area contributed by atoms with Crippen molar-refractivity contribution in [2.75, 3.05) is 13.7 Å². The van der Waals surface area contributed by atoms with Gasteiger partial charge in [0.15, 0.2) is 6.10 Å². The Balaban J connectivity index is 1.71. The van der Waals surface area contributed by atoms with Crippen LogP contribution in [0.1, 0.15) is 38.3 Å². The van der Waals surface area contributed by atoms with E-state index in [1.54, 1.807) is 24.1 Å². The Hall–Kier alpha value is -3.09. The second-order valence-corrected chi connectivity index (χ2v) is 8.39. The van der Waals surface area contributed by atoms with Crippen molar-refractivity contribution < 1.29 is 18.8 Å². The molecule has 2 amide bonds. The van der Waals surface area contributed by atoms with Crippen LogP contribution < -0.4 is 10.1 Å². The van der Waals surface area contributed by atoms with Crippen molar-refractivity contribution in [1.29, 1.82) is 0 Å². The minimum Gasteiger partial charge on any atom is -0.497 e. The first-order valence-corrected chi connectivity index (χ1v) is 9.92. The van der Waals surface area contributed by atoms with Crippen molar-refractivity contribution in [3.8, 4) is 5.75 Å². The van der Waals surface area contributed by atoms with Gasteiger partial charge >= 0.3 is 6.03 Å². The number of carbonyl (C=O) groups is 1. The van der Waals surface area contributed by atoms with Crippen LogP contribution in [0.15, 0.2) is 53.7 Å². The van der Waals surface area contributed by atoms with Crippen molar-refractivity contribution in [1.82, 2.24) is 10.2 Å². The zero-order valence-corrected chi connectivity index (χ0v) is 17.8. The zero-order valence-electron chi connectivity index (χ0n) is 17.8. The Morgan fingerprint density at radius 3 is 2.73 bits per heavy atom. The zero-order chi connectivity index (χ0) is 21.7. The lowest BCUT2D eigenvalue weighted by atomic mass is 10.0. The summed E-state index contributed by atoms with van der Waals surface area (Å²) in [5.74, 6) is 0.417. The number of amides is 2. The van der Waals surface area contributed by atoms with E-state index in [1.165, 1.54) is 12.1 Å². The molecule has 1 heterocycles. The van der Waals surface area contributed by atoms with E-state index >= 15 is 0 Å². The summed E-state index contributed by atoms with van der Waals surface area (Å²) in [4.78, 5) is 20.2. The summed E-state index contributed by atoms with van der Waals surface area (Å²) >= 11 is 0. The Bertz CT molecular complexity index is 924. The van der Waals surface area contributed by atoms with Crippen LogP contribution >= 0.6 is 0 Å². The molecule has 2 aromatic rings. The predicted molar refractivity (Wildman–Crippen MR) is 114 cm³/mol. The fraction of sp³-hybridized carbons (Fsp3) is 0.391. The average molecular weight is 413 g/mol. The first-order chi connectivity index (χ1) is 14.2. The van der Waals surface area contributed by atoms with Crippen LogP contribution in [0.3, 0.4) is 0 Å². The molecule has 1 atom stereocenters. The molecule has 6 nitrogen and oxygen atoms in total. The highest BCUT2D eigenvalue weighted by Crippen LogP contribution is 2.21. The van der Waals surface area contributed by atoms with Crippen molar-refractivity contribution in [2.24, 2.45) is 5.16 Å². The van der Waals surface area contributed by atoms with Crippen molar-refractivity contribution >= 4 is 11.7 Å². The molecule has 0 radical (unpaired) electrons. The smallest absolute Gasteiger partial charge is 0.318 e. The quantitative estimate of drug-likeness (QED) is 0.766. The topological polar surface area (TPSA) is 63.2 Å². The van der Waals surface area contributed by atoms with Crippen molar-refractivity contribution in [3.05, 3.63) is 65.5 Å². The molecule has 0 aliphatic carbocycles. The third-order valence-corrected chi connectivity index (χ3v) is 4.59. The number of hydrogen-bond donors (Lipinski definition) is 1. The number of urea groups is 1. The van der Waals surface area contributed by atoms with Crippen LogP contribution in [0.2, 0.25) is 0 Å². The molecule has 0 saturated heterocycles. The van der Waals surface area contributed by atoms with E-state index in [0.29, 0.717) is 30.8 Å². The molecule has 0 spiro atoms. The van der Waals surface area contributed by atoms with Gasteiger partial charge in [0.25, 0.3) is 0 Å². The second kappa shape index (κ2) is 9.15. The molecule has 2 aromatic carbocycles. The molecule has 0 saturated carbocycles. The number of hydrogen-bond acceptors (Lipinski definition) is 4. The summed E-state index contributed by atoms with van der Waals surface area (Å²) in [5, 5.41) is 7.13. The largest absolute Gasteiger partial charge is 0.497 e. The van der Waals surface area contributed by atoms with Gasteiger partial charge in [-0.2, -0.15) is 0 Å². The van der Waals surface area contributed by atoms with Crippen molar-refractivity contribution in [2.45, 2.75) is 45.4 Å². The van der Waals surface area contributed by atoms with Gasteiger partial charge in [-0.05, 0) is 50.6 Å². The van der Waals surface area contributed by atoms with E-state index in [1.807, 2.05) is 45.0 Å². The van der Waals surface area contributed by atoms with Gasteiger partial charge < -0.3 is 19.8 Å². The summed E-state index contributed by atoms with van der Waals surface area (Å²) in [5.41, 5.74) is 1.94. The van der Waals surface area contributed by atoms with Gasteiger partial charge in [0.1, 0.15) is 11.6 Å². The summed E-state index contributed by atoms with van der Waals surface area (Å²) in [6.45, 7) is 6.55. The molecule has 1 N–H and O–H groups in total. The van der Waals surface area contributed by atoms with Gasteiger partial charge in [-0.1, -0.05) is 29.4 Å². The number of methoxy groups -OCH3 is 1. The fourth-order valence-electron chi connectivity index (χ4n) is 3.22. The van der Waals surface area contributed by atoms with Crippen LogP contribution in [0.4, 0.5) is 9.18 Å². The highest BCUT2D eigenvalue weighted by molar-refractivity contribution is 6.01. The van der Waals surface area contributed by atoms with Gasteiger partial charge in [0.2, 0.25) is 0 Å². The molecule has 160 valence electrons. The summed E-state index contributed by atoms with van der Waals surface area (Å²) in [6, 6.07) is 13.7. The van der Waals surface area contributed by atoms with Gasteiger partial charge in [-0.15, -0.1) is 0 Å². The Morgan fingerprint density at radius 2 is 2.03 bits per heavy atom. The lowest BCUT2D eigenvalue weighted by Gasteiger charge is -2.29. The van der Waals surface area contributed by atoms with Gasteiger partial charge in [-0.3, -0.25) is 0 Å². The maximum atomic E-state index is 13.5. The highest BCUT2D eigenvalue weighted by atomic mass is 19.1. The SMILES string of the molecule is COc1cccc(CN(C[C@@H]2CC(c3cccc(F)c3)=NO2)C(=O)NC(C)(C)C)c1. The number of oxime groups is 1. The van der Waals surface area contributed by atoms with Crippen LogP contribution in [-0.2, 0) is 11.4 Å². The standard InChI is InChI=1S/C23H28FN3O3/c1-23(2,3)25-22(28)27(14-16-7-5-10-19(11-16)29-4)15-20-13-21(26-30-20)17-8-6-9-18(24)12-17/h5-12,20H,13-15H2,1-4H3,(H,25,28)/t20-/m0/s1. The molecular weight excluding hydrogens is 385 g/mol. The predicted octanol–water partition coefficient (Wildman–Crippen LogP) is 4.34. The lowest BCUT2D eigenvalue weighted by Crippen LogP contribution is -2.50. The first kappa shape index (κ1) is 21.6. The maximum Gasteiger partial charge on any atom is 0.318 e. The number of ether oxygens (including phenoxy) is 1. The number of nitrogens with one attached hydrogen (secondary N) is 1. The normalized spacial score (nSPS) is 15.9. The summed E-state index contributed by atoms with van der Waals surface area (Å²) < 4.78 is 18.8. The molecule has 1 aliphatic heterocycles. The van der Waals surface area contributed by atoms with E-state index in [4.69, 9.17) is 9.57 Å². The third kappa shape index (κ3) is 5.95. The monoisotopic (exact) mass is 413 g/mol. The molecule has 0 fully saturated rings. The Labute approximate surface area is 176 Å². The van der Waals surface area contributed by atoms with Gasteiger partial charge in [0, 0.05) is 24.1 Å². The second-order valence-electron chi connectivity index (χ2n) is 8.39. The minimum atomic E-state index is -0.372. The Kier molecular flexibility index (Phi) is 6.59. The number of rotatable bonds is 6. The van der Waals surface area contributed by atoms with Crippen molar-refractivity contribution in [3.63, 3.8) is 0 Å². The molecule has 1 aliphatic rings. The first-order valence-electron chi connectivity index (χ1n) is 9.92. The highest BCUT2D eigenvalue weighted by Gasteiger charge is 2.28. The molecule has 3 rings (SSSR count). The van der Waals surface area contributed by atoms with E-state index < -0.39 is 0 Å². The molecular formula is C23H28FN3O3. The molecule has 7 heteroatoms.